The molecule has 0 radical (unpaired) electrons. The van der Waals surface area contributed by atoms with Crippen LogP contribution in [0.3, 0.4) is 0 Å². The van der Waals surface area contributed by atoms with Crippen molar-refractivity contribution in [2.45, 2.75) is 17.9 Å². The number of methoxy groups -OCH3 is 1. The second-order valence-corrected chi connectivity index (χ2v) is 6.10. The van der Waals surface area contributed by atoms with Crippen LogP contribution in [-0.4, -0.2) is 50.5 Å². The van der Waals surface area contributed by atoms with Crippen molar-refractivity contribution in [2.75, 3.05) is 26.7 Å². The van der Waals surface area contributed by atoms with Crippen LogP contribution in [0.1, 0.15) is 6.92 Å². The topological polar surface area (TPSA) is 71.5 Å². The van der Waals surface area contributed by atoms with E-state index >= 15 is 0 Å². The zero-order valence-electron chi connectivity index (χ0n) is 10.5. The molecule has 1 aromatic rings. The van der Waals surface area contributed by atoms with Gasteiger partial charge in [0.2, 0.25) is 15.9 Å². The third kappa shape index (κ3) is 2.47. The van der Waals surface area contributed by atoms with E-state index in [0.717, 1.165) is 0 Å². The number of nitrogens with one attached hydrogen (secondary N) is 1. The average Bonchev–Trinajstić information content (AvgIpc) is 2.39. The zero-order valence-corrected chi connectivity index (χ0v) is 11.3. The van der Waals surface area contributed by atoms with Crippen molar-refractivity contribution < 1.29 is 13.2 Å². The van der Waals surface area contributed by atoms with Crippen LogP contribution in [0.2, 0.25) is 0 Å². The minimum absolute atomic E-state index is 0.0501. The Bertz CT molecular complexity index is 501. The fourth-order valence-electron chi connectivity index (χ4n) is 1.95. The van der Waals surface area contributed by atoms with Crippen LogP contribution < -0.4 is 10.1 Å². The van der Waals surface area contributed by atoms with Gasteiger partial charge in [-0.25, -0.2) is 13.4 Å². The van der Waals surface area contributed by atoms with Crippen molar-refractivity contribution in [3.8, 4) is 5.88 Å². The molecule has 0 bridgehead atoms. The quantitative estimate of drug-likeness (QED) is 0.842. The average molecular weight is 271 g/mol. The monoisotopic (exact) mass is 271 g/mol. The van der Waals surface area contributed by atoms with E-state index in [-0.39, 0.29) is 10.9 Å². The maximum Gasteiger partial charge on any atom is 0.244 e. The largest absolute Gasteiger partial charge is 0.481 e. The van der Waals surface area contributed by atoms with Crippen molar-refractivity contribution >= 4 is 10.0 Å². The summed E-state index contributed by atoms with van der Waals surface area (Å²) < 4.78 is 31.3. The summed E-state index contributed by atoms with van der Waals surface area (Å²) in [6.07, 6.45) is 1.34. The van der Waals surface area contributed by atoms with Gasteiger partial charge in [0, 0.05) is 31.7 Å². The molecule has 1 atom stereocenters. The molecule has 0 aliphatic carbocycles. The van der Waals surface area contributed by atoms with E-state index in [1.807, 2.05) is 6.92 Å². The van der Waals surface area contributed by atoms with E-state index in [4.69, 9.17) is 4.74 Å². The van der Waals surface area contributed by atoms with Gasteiger partial charge in [-0.15, -0.1) is 0 Å². The van der Waals surface area contributed by atoms with Gasteiger partial charge in [0.15, 0.2) is 0 Å². The van der Waals surface area contributed by atoms with Gasteiger partial charge >= 0.3 is 0 Å². The molecule has 1 saturated heterocycles. The summed E-state index contributed by atoms with van der Waals surface area (Å²) in [6, 6.07) is 3.03. The Morgan fingerprint density at radius 3 is 2.83 bits per heavy atom. The fraction of sp³-hybridized carbons (Fsp3) is 0.545. The van der Waals surface area contributed by atoms with Gasteiger partial charge < -0.3 is 10.1 Å². The van der Waals surface area contributed by atoms with Crippen LogP contribution in [0.25, 0.3) is 0 Å². The maximum atomic E-state index is 12.4. The number of pyridine rings is 1. The molecule has 18 heavy (non-hydrogen) atoms. The second-order valence-electron chi connectivity index (χ2n) is 4.21. The molecular weight excluding hydrogens is 254 g/mol. The van der Waals surface area contributed by atoms with Gasteiger partial charge in [0.25, 0.3) is 0 Å². The first kappa shape index (κ1) is 13.3. The van der Waals surface area contributed by atoms with Crippen LogP contribution in [0.5, 0.6) is 5.88 Å². The summed E-state index contributed by atoms with van der Waals surface area (Å²) in [5, 5.41) is 3.16. The van der Waals surface area contributed by atoms with Gasteiger partial charge in [-0.05, 0) is 13.0 Å². The zero-order chi connectivity index (χ0) is 13.2. The van der Waals surface area contributed by atoms with Gasteiger partial charge in [-0.1, -0.05) is 0 Å². The third-order valence-electron chi connectivity index (χ3n) is 2.97. The standard InChI is InChI=1S/C11H17N3O3S/c1-9-7-12-5-6-14(9)18(15,16)10-3-4-11(17-2)13-8-10/h3-4,8-9,12H,5-7H2,1-2H3. The second kappa shape index (κ2) is 5.21. The molecule has 100 valence electrons. The lowest BCUT2D eigenvalue weighted by molar-refractivity contribution is 0.283. The van der Waals surface area contributed by atoms with Crippen molar-refractivity contribution in [3.05, 3.63) is 18.3 Å². The fourth-order valence-corrected chi connectivity index (χ4v) is 3.53. The number of piperazine rings is 1. The van der Waals surface area contributed by atoms with E-state index in [1.165, 1.54) is 23.7 Å². The van der Waals surface area contributed by atoms with Crippen LogP contribution in [0, 0.1) is 0 Å². The lowest BCUT2D eigenvalue weighted by Gasteiger charge is -2.32. The number of rotatable bonds is 3. The number of hydrogen-bond acceptors (Lipinski definition) is 5. The highest BCUT2D eigenvalue weighted by molar-refractivity contribution is 7.89. The van der Waals surface area contributed by atoms with E-state index in [2.05, 4.69) is 10.3 Å². The lowest BCUT2D eigenvalue weighted by atomic mass is 10.3. The molecule has 0 saturated carbocycles. The number of hydrogen-bond donors (Lipinski definition) is 1. The molecular formula is C11H17N3O3S. The van der Waals surface area contributed by atoms with Crippen molar-refractivity contribution in [2.24, 2.45) is 0 Å². The molecule has 0 spiro atoms. The molecule has 1 aliphatic rings. The Labute approximate surface area is 107 Å². The van der Waals surface area contributed by atoms with Gasteiger partial charge in [0.1, 0.15) is 4.90 Å². The normalized spacial score (nSPS) is 21.8. The number of aromatic nitrogens is 1. The molecule has 2 heterocycles. The SMILES string of the molecule is COc1ccc(S(=O)(=O)N2CCNCC2C)cn1. The summed E-state index contributed by atoms with van der Waals surface area (Å²) in [6.45, 7) is 3.71. The Morgan fingerprint density at radius 2 is 2.28 bits per heavy atom. The van der Waals surface area contributed by atoms with Crippen molar-refractivity contribution in [1.29, 1.82) is 0 Å². The number of sulfonamides is 1. The molecule has 0 amide bonds. The maximum absolute atomic E-state index is 12.4. The van der Waals surface area contributed by atoms with E-state index in [1.54, 1.807) is 6.07 Å². The molecule has 1 aliphatic heterocycles. The van der Waals surface area contributed by atoms with Crippen LogP contribution in [0.15, 0.2) is 23.2 Å². The summed E-state index contributed by atoms with van der Waals surface area (Å²) in [5.41, 5.74) is 0. The molecule has 1 fully saturated rings. The molecule has 2 rings (SSSR count). The summed E-state index contributed by atoms with van der Waals surface area (Å²) in [7, 11) is -1.97. The Morgan fingerprint density at radius 1 is 1.50 bits per heavy atom. The predicted octanol–water partition coefficient (Wildman–Crippen LogP) is 0.0726. The summed E-state index contributed by atoms with van der Waals surface area (Å²) in [5.74, 6) is 0.405. The van der Waals surface area contributed by atoms with Crippen molar-refractivity contribution in [3.63, 3.8) is 0 Å². The van der Waals surface area contributed by atoms with Crippen LogP contribution in [-0.2, 0) is 10.0 Å². The Balaban J connectivity index is 2.28. The smallest absolute Gasteiger partial charge is 0.244 e. The first-order chi connectivity index (χ1) is 8.55. The Kier molecular flexibility index (Phi) is 3.84. The molecule has 1 aromatic heterocycles. The van der Waals surface area contributed by atoms with Gasteiger partial charge in [-0.2, -0.15) is 4.31 Å². The minimum atomic E-state index is -3.46. The highest BCUT2D eigenvalue weighted by Gasteiger charge is 2.30. The summed E-state index contributed by atoms with van der Waals surface area (Å²) >= 11 is 0. The molecule has 7 heteroatoms. The van der Waals surface area contributed by atoms with Gasteiger partial charge in [0.05, 0.1) is 13.3 Å². The predicted molar refractivity (Wildman–Crippen MR) is 67.0 cm³/mol. The van der Waals surface area contributed by atoms with Crippen LogP contribution >= 0.6 is 0 Å². The van der Waals surface area contributed by atoms with E-state index in [0.29, 0.717) is 25.5 Å². The van der Waals surface area contributed by atoms with E-state index < -0.39 is 10.0 Å². The number of ether oxygens (including phenoxy) is 1. The Hall–Kier alpha value is -1.18. The number of nitrogens with zero attached hydrogens (tertiary/aromatic N) is 2. The molecule has 0 aromatic carbocycles. The first-order valence-electron chi connectivity index (χ1n) is 5.78. The van der Waals surface area contributed by atoms with Gasteiger partial charge in [-0.3, -0.25) is 0 Å². The van der Waals surface area contributed by atoms with Crippen LogP contribution in [0.4, 0.5) is 0 Å². The molecule has 1 N–H and O–H groups in total. The van der Waals surface area contributed by atoms with Crippen molar-refractivity contribution in [1.82, 2.24) is 14.6 Å². The highest BCUT2D eigenvalue weighted by Crippen LogP contribution is 2.19. The van der Waals surface area contributed by atoms with E-state index in [9.17, 15) is 8.42 Å². The molecule has 1 unspecified atom stereocenters. The minimum Gasteiger partial charge on any atom is -0.481 e. The summed E-state index contributed by atoms with van der Waals surface area (Å²) in [4.78, 5) is 4.15. The highest BCUT2D eigenvalue weighted by atomic mass is 32.2. The molecule has 6 nitrogen and oxygen atoms in total. The third-order valence-corrected chi connectivity index (χ3v) is 4.96. The first-order valence-corrected chi connectivity index (χ1v) is 7.22. The lowest BCUT2D eigenvalue weighted by Crippen LogP contribution is -2.52.